The standard InChI is InChI=1S/C7H13NO3S/c1-5(7(10)11)12-4-3-6(9)8-2/h5H,3-4H2,1-2H3,(H,8,9)(H,10,11). The zero-order valence-corrected chi connectivity index (χ0v) is 7.98. The first-order valence-electron chi connectivity index (χ1n) is 3.63. The largest absolute Gasteiger partial charge is 0.480 e. The first-order valence-corrected chi connectivity index (χ1v) is 4.67. The van der Waals surface area contributed by atoms with Gasteiger partial charge in [0, 0.05) is 19.2 Å². The Balaban J connectivity index is 3.43. The van der Waals surface area contributed by atoms with Crippen molar-refractivity contribution in [2.24, 2.45) is 0 Å². The Morgan fingerprint density at radius 2 is 2.17 bits per heavy atom. The van der Waals surface area contributed by atoms with Crippen LogP contribution in [0.25, 0.3) is 0 Å². The average molecular weight is 191 g/mol. The number of thioether (sulfide) groups is 1. The topological polar surface area (TPSA) is 66.4 Å². The highest BCUT2D eigenvalue weighted by Crippen LogP contribution is 2.11. The number of amides is 1. The van der Waals surface area contributed by atoms with Crippen LogP contribution in [0.4, 0.5) is 0 Å². The number of nitrogens with one attached hydrogen (secondary N) is 1. The van der Waals surface area contributed by atoms with Gasteiger partial charge in [0.15, 0.2) is 0 Å². The molecule has 0 aromatic rings. The van der Waals surface area contributed by atoms with Crippen molar-refractivity contribution in [3.05, 3.63) is 0 Å². The Bertz CT molecular complexity index is 172. The van der Waals surface area contributed by atoms with Crippen molar-refractivity contribution in [1.29, 1.82) is 0 Å². The van der Waals surface area contributed by atoms with E-state index in [0.29, 0.717) is 12.2 Å². The van der Waals surface area contributed by atoms with Gasteiger partial charge in [-0.15, -0.1) is 11.8 Å². The number of hydrogen-bond donors (Lipinski definition) is 2. The zero-order chi connectivity index (χ0) is 9.56. The second-order valence-electron chi connectivity index (χ2n) is 2.27. The van der Waals surface area contributed by atoms with Crippen molar-refractivity contribution in [3.8, 4) is 0 Å². The molecular weight excluding hydrogens is 178 g/mol. The summed E-state index contributed by atoms with van der Waals surface area (Å²) in [5.74, 6) is -0.343. The summed E-state index contributed by atoms with van der Waals surface area (Å²) in [6.45, 7) is 1.61. The Morgan fingerprint density at radius 1 is 1.58 bits per heavy atom. The number of carbonyl (C=O) groups excluding carboxylic acids is 1. The van der Waals surface area contributed by atoms with Crippen molar-refractivity contribution < 1.29 is 14.7 Å². The predicted octanol–water partition coefficient (Wildman–Crippen LogP) is 0.329. The van der Waals surface area contributed by atoms with E-state index in [1.165, 1.54) is 11.8 Å². The molecular formula is C7H13NO3S. The molecule has 0 spiro atoms. The molecule has 0 bridgehead atoms. The molecule has 4 nitrogen and oxygen atoms in total. The fraction of sp³-hybridized carbons (Fsp3) is 0.714. The Kier molecular flexibility index (Phi) is 5.53. The minimum Gasteiger partial charge on any atom is -0.480 e. The summed E-state index contributed by atoms with van der Waals surface area (Å²) in [7, 11) is 1.56. The molecule has 0 heterocycles. The van der Waals surface area contributed by atoms with Crippen molar-refractivity contribution in [2.45, 2.75) is 18.6 Å². The molecule has 0 aliphatic heterocycles. The third-order valence-electron chi connectivity index (χ3n) is 1.32. The molecule has 0 rings (SSSR count). The summed E-state index contributed by atoms with van der Waals surface area (Å²) in [6, 6.07) is 0. The van der Waals surface area contributed by atoms with Crippen molar-refractivity contribution in [2.75, 3.05) is 12.8 Å². The van der Waals surface area contributed by atoms with Crippen LogP contribution in [-0.4, -0.2) is 35.0 Å². The first kappa shape index (κ1) is 11.3. The molecule has 0 aromatic carbocycles. The van der Waals surface area contributed by atoms with Gasteiger partial charge in [0.25, 0.3) is 0 Å². The normalized spacial score (nSPS) is 12.2. The maximum atomic E-state index is 10.7. The van der Waals surface area contributed by atoms with Crippen molar-refractivity contribution in [3.63, 3.8) is 0 Å². The minimum absolute atomic E-state index is 0.0555. The van der Waals surface area contributed by atoms with Crippen molar-refractivity contribution in [1.82, 2.24) is 5.32 Å². The minimum atomic E-state index is -0.836. The number of hydrogen-bond acceptors (Lipinski definition) is 3. The van der Waals surface area contributed by atoms with E-state index >= 15 is 0 Å². The second-order valence-corrected chi connectivity index (χ2v) is 3.72. The summed E-state index contributed by atoms with van der Waals surface area (Å²) in [4.78, 5) is 21.0. The molecule has 1 amide bonds. The van der Waals surface area contributed by atoms with Gasteiger partial charge in [0.1, 0.15) is 0 Å². The fourth-order valence-corrected chi connectivity index (χ4v) is 1.32. The van der Waals surface area contributed by atoms with Gasteiger partial charge < -0.3 is 10.4 Å². The lowest BCUT2D eigenvalue weighted by Crippen LogP contribution is -2.19. The average Bonchev–Trinajstić information content (AvgIpc) is 2.03. The lowest BCUT2D eigenvalue weighted by Gasteiger charge is -2.04. The molecule has 70 valence electrons. The Labute approximate surface area is 75.7 Å². The van der Waals surface area contributed by atoms with Crippen LogP contribution in [0.2, 0.25) is 0 Å². The van der Waals surface area contributed by atoms with Crippen LogP contribution in [0.5, 0.6) is 0 Å². The molecule has 1 atom stereocenters. The van der Waals surface area contributed by atoms with Crippen molar-refractivity contribution >= 4 is 23.6 Å². The first-order chi connectivity index (χ1) is 5.57. The molecule has 2 N–H and O–H groups in total. The number of carbonyl (C=O) groups is 2. The summed E-state index contributed by atoms with van der Waals surface area (Å²) in [5.41, 5.74) is 0. The highest BCUT2D eigenvalue weighted by Gasteiger charge is 2.10. The summed E-state index contributed by atoms with van der Waals surface area (Å²) < 4.78 is 0. The summed E-state index contributed by atoms with van der Waals surface area (Å²) >= 11 is 1.27. The number of carboxylic acid groups (broad SMARTS) is 1. The Morgan fingerprint density at radius 3 is 2.58 bits per heavy atom. The van der Waals surface area contributed by atoms with Gasteiger partial charge in [-0.2, -0.15) is 0 Å². The van der Waals surface area contributed by atoms with Crippen LogP contribution in [0.15, 0.2) is 0 Å². The van der Waals surface area contributed by atoms with Gasteiger partial charge in [-0.1, -0.05) is 0 Å². The molecule has 0 saturated heterocycles. The maximum absolute atomic E-state index is 10.7. The van der Waals surface area contributed by atoms with Crippen LogP contribution in [0, 0.1) is 0 Å². The monoisotopic (exact) mass is 191 g/mol. The molecule has 0 aliphatic rings. The summed E-state index contributed by atoms with van der Waals surface area (Å²) in [6.07, 6.45) is 0.374. The summed E-state index contributed by atoms with van der Waals surface area (Å²) in [5, 5.41) is 10.5. The van der Waals surface area contributed by atoms with Crippen LogP contribution in [-0.2, 0) is 9.59 Å². The van der Waals surface area contributed by atoms with Gasteiger partial charge in [-0.25, -0.2) is 0 Å². The molecule has 0 saturated carbocycles. The van der Waals surface area contributed by atoms with Gasteiger partial charge in [0.2, 0.25) is 5.91 Å². The lowest BCUT2D eigenvalue weighted by molar-refractivity contribution is -0.136. The molecule has 0 aliphatic carbocycles. The molecule has 1 unspecified atom stereocenters. The third kappa shape index (κ3) is 5.01. The highest BCUT2D eigenvalue weighted by molar-refractivity contribution is 8.00. The number of aliphatic carboxylic acids is 1. The fourth-order valence-electron chi connectivity index (χ4n) is 0.525. The molecule has 5 heteroatoms. The smallest absolute Gasteiger partial charge is 0.316 e. The van der Waals surface area contributed by atoms with Gasteiger partial charge >= 0.3 is 5.97 Å². The van der Waals surface area contributed by atoms with Crippen LogP contribution in [0.3, 0.4) is 0 Å². The molecule has 0 fully saturated rings. The maximum Gasteiger partial charge on any atom is 0.316 e. The molecule has 0 radical (unpaired) electrons. The van der Waals surface area contributed by atoms with Gasteiger partial charge in [-0.05, 0) is 6.92 Å². The number of rotatable bonds is 5. The van der Waals surface area contributed by atoms with Gasteiger partial charge in [0.05, 0.1) is 5.25 Å². The second kappa shape index (κ2) is 5.88. The van der Waals surface area contributed by atoms with E-state index in [4.69, 9.17) is 5.11 Å². The van der Waals surface area contributed by atoms with E-state index < -0.39 is 11.2 Å². The van der Waals surface area contributed by atoms with Crippen LogP contribution >= 0.6 is 11.8 Å². The highest BCUT2D eigenvalue weighted by atomic mass is 32.2. The third-order valence-corrected chi connectivity index (χ3v) is 2.47. The van der Waals surface area contributed by atoms with E-state index in [-0.39, 0.29) is 5.91 Å². The van der Waals surface area contributed by atoms with Crippen LogP contribution < -0.4 is 5.32 Å². The van der Waals surface area contributed by atoms with Crippen LogP contribution in [0.1, 0.15) is 13.3 Å². The SMILES string of the molecule is CNC(=O)CCSC(C)C(=O)O. The zero-order valence-electron chi connectivity index (χ0n) is 7.16. The van der Waals surface area contributed by atoms with E-state index in [2.05, 4.69) is 5.32 Å². The van der Waals surface area contributed by atoms with E-state index in [0.717, 1.165) is 0 Å². The lowest BCUT2D eigenvalue weighted by atomic mass is 10.5. The van der Waals surface area contributed by atoms with Gasteiger partial charge in [-0.3, -0.25) is 9.59 Å². The molecule has 0 aromatic heterocycles. The predicted molar refractivity (Wildman–Crippen MR) is 48.2 cm³/mol. The van der Waals surface area contributed by atoms with E-state index in [1.807, 2.05) is 0 Å². The number of carboxylic acids is 1. The molecule has 12 heavy (non-hydrogen) atoms. The Hall–Kier alpha value is -0.710. The van der Waals surface area contributed by atoms with E-state index in [1.54, 1.807) is 14.0 Å². The van der Waals surface area contributed by atoms with E-state index in [9.17, 15) is 9.59 Å². The quantitative estimate of drug-likeness (QED) is 0.657.